The molecule has 3 amide bonds. The van der Waals surface area contributed by atoms with E-state index in [0.29, 0.717) is 42.4 Å². The molecule has 1 aliphatic heterocycles. The number of anilines is 2. The second kappa shape index (κ2) is 14.0. The number of hydrogen-bond acceptors (Lipinski definition) is 7. The van der Waals surface area contributed by atoms with Crippen LogP contribution in [0.3, 0.4) is 0 Å². The number of nitrogens with zero attached hydrogens (tertiary/aromatic N) is 5. The summed E-state index contributed by atoms with van der Waals surface area (Å²) in [5, 5.41) is 7.57. The van der Waals surface area contributed by atoms with Gasteiger partial charge in [0.15, 0.2) is 5.65 Å². The van der Waals surface area contributed by atoms with Crippen LogP contribution in [0.5, 0.6) is 0 Å². The van der Waals surface area contributed by atoms with Crippen molar-refractivity contribution in [3.8, 4) is 0 Å². The Morgan fingerprint density at radius 2 is 1.74 bits per heavy atom. The SMILES string of the molecule is CC(C)=CC(=O)Nc1cccc(CN(C(=O)OC(C)(C)C)c2cc(C3=CCN(C(=O)OC(C)(C)C)CC3)nc3c(C(C)C)cnn23)c1. The first-order valence-corrected chi connectivity index (χ1v) is 16.0. The predicted octanol–water partition coefficient (Wildman–Crippen LogP) is 7.72. The van der Waals surface area contributed by atoms with E-state index in [1.165, 1.54) is 6.08 Å². The standard InChI is InChI=1S/C36H48N6O5/c1-23(2)18-30(43)38-27-13-11-12-25(19-27)22-41(34(45)47-36(8,9)10)31-20-29(39-32-28(24(3)4)21-37-42(31)32)26-14-16-40(17-15-26)33(44)46-35(5,6)7/h11-14,18-21,24H,15-17,22H2,1-10H3,(H,38,43). The zero-order valence-electron chi connectivity index (χ0n) is 29.3. The zero-order chi connectivity index (χ0) is 34.7. The Labute approximate surface area is 277 Å². The molecule has 0 bridgehead atoms. The largest absolute Gasteiger partial charge is 0.444 e. The van der Waals surface area contributed by atoms with E-state index >= 15 is 0 Å². The Morgan fingerprint density at radius 3 is 2.34 bits per heavy atom. The number of allylic oxidation sites excluding steroid dienone is 1. The second-order valence-corrected chi connectivity index (χ2v) is 14.4. The number of carbonyl (C=O) groups excluding carboxylic acids is 3. The molecule has 1 aliphatic rings. The molecule has 1 aromatic carbocycles. The summed E-state index contributed by atoms with van der Waals surface area (Å²) in [5.74, 6) is 0.387. The summed E-state index contributed by atoms with van der Waals surface area (Å²) in [6.45, 7) is 19.9. The summed E-state index contributed by atoms with van der Waals surface area (Å²) in [7, 11) is 0. The average Bonchev–Trinajstić information content (AvgIpc) is 3.38. The van der Waals surface area contributed by atoms with Crippen LogP contribution in [0, 0.1) is 0 Å². The highest BCUT2D eigenvalue weighted by Crippen LogP contribution is 2.31. The molecule has 47 heavy (non-hydrogen) atoms. The van der Waals surface area contributed by atoms with E-state index in [1.807, 2.05) is 85.7 Å². The lowest BCUT2D eigenvalue weighted by Gasteiger charge is -2.30. The molecule has 11 heteroatoms. The third kappa shape index (κ3) is 9.43. The van der Waals surface area contributed by atoms with Crippen molar-refractivity contribution in [3.05, 3.63) is 71.1 Å². The molecular weight excluding hydrogens is 596 g/mol. The maximum absolute atomic E-state index is 13.9. The second-order valence-electron chi connectivity index (χ2n) is 14.4. The Hall–Kier alpha value is -4.67. The van der Waals surface area contributed by atoms with Crippen molar-refractivity contribution in [2.24, 2.45) is 0 Å². The Balaban J connectivity index is 1.78. The topological polar surface area (TPSA) is 118 Å². The first-order chi connectivity index (χ1) is 21.9. The van der Waals surface area contributed by atoms with Crippen molar-refractivity contribution in [3.63, 3.8) is 0 Å². The minimum absolute atomic E-state index is 0.127. The predicted molar refractivity (Wildman–Crippen MR) is 184 cm³/mol. The van der Waals surface area contributed by atoms with Crippen LogP contribution in [-0.4, -0.2) is 61.9 Å². The molecule has 0 saturated carbocycles. The quantitative estimate of drug-likeness (QED) is 0.262. The number of ether oxygens (including phenoxy) is 2. The summed E-state index contributed by atoms with van der Waals surface area (Å²) < 4.78 is 13.2. The molecular formula is C36H48N6O5. The Morgan fingerprint density at radius 1 is 1.04 bits per heavy atom. The molecule has 11 nitrogen and oxygen atoms in total. The summed E-state index contributed by atoms with van der Waals surface area (Å²) in [6, 6.07) is 9.22. The lowest BCUT2D eigenvalue weighted by molar-refractivity contribution is -0.112. The maximum atomic E-state index is 13.9. The molecule has 1 N–H and O–H groups in total. The Bertz CT molecular complexity index is 1700. The van der Waals surface area contributed by atoms with Gasteiger partial charge in [-0.1, -0.05) is 37.6 Å². The molecule has 2 aromatic heterocycles. The first kappa shape index (κ1) is 35.2. The van der Waals surface area contributed by atoms with E-state index < -0.39 is 17.3 Å². The molecule has 0 aliphatic carbocycles. The van der Waals surface area contributed by atoms with Crippen LogP contribution in [0.4, 0.5) is 21.1 Å². The van der Waals surface area contributed by atoms with Crippen LogP contribution >= 0.6 is 0 Å². The summed E-state index contributed by atoms with van der Waals surface area (Å²) in [4.78, 5) is 47.3. The molecule has 3 heterocycles. The van der Waals surface area contributed by atoms with Crippen molar-refractivity contribution in [1.29, 1.82) is 0 Å². The highest BCUT2D eigenvalue weighted by molar-refractivity contribution is 5.99. The van der Waals surface area contributed by atoms with Gasteiger partial charge in [-0.3, -0.25) is 9.69 Å². The fourth-order valence-electron chi connectivity index (χ4n) is 5.05. The highest BCUT2D eigenvalue weighted by atomic mass is 16.6. The van der Waals surface area contributed by atoms with Crippen molar-refractivity contribution in [1.82, 2.24) is 19.5 Å². The number of hydrogen-bond donors (Lipinski definition) is 1. The number of rotatable bonds is 7. The third-order valence-corrected chi connectivity index (χ3v) is 7.14. The van der Waals surface area contributed by atoms with Crippen LogP contribution < -0.4 is 10.2 Å². The lowest BCUT2D eigenvalue weighted by Crippen LogP contribution is -2.39. The van der Waals surface area contributed by atoms with Gasteiger partial charge in [-0.15, -0.1) is 0 Å². The highest BCUT2D eigenvalue weighted by Gasteiger charge is 2.29. The molecule has 252 valence electrons. The molecule has 3 aromatic rings. The minimum Gasteiger partial charge on any atom is -0.444 e. The molecule has 0 atom stereocenters. The van der Waals surface area contributed by atoms with Gasteiger partial charge in [-0.25, -0.2) is 14.6 Å². The van der Waals surface area contributed by atoms with E-state index in [9.17, 15) is 14.4 Å². The minimum atomic E-state index is -0.755. The van der Waals surface area contributed by atoms with Crippen LogP contribution in [0.15, 0.2) is 54.3 Å². The number of carbonyl (C=O) groups is 3. The fraction of sp³-hybridized carbons (Fsp3) is 0.472. The van der Waals surface area contributed by atoms with E-state index in [2.05, 4.69) is 24.3 Å². The van der Waals surface area contributed by atoms with Crippen LogP contribution in [0.1, 0.15) is 98.4 Å². The first-order valence-electron chi connectivity index (χ1n) is 16.0. The van der Waals surface area contributed by atoms with Gasteiger partial charge in [-0.2, -0.15) is 9.61 Å². The van der Waals surface area contributed by atoms with Gasteiger partial charge in [0.1, 0.15) is 17.0 Å². The fourth-order valence-corrected chi connectivity index (χ4v) is 5.05. The Kier molecular flexibility index (Phi) is 10.5. The molecule has 0 fully saturated rings. The normalized spacial score (nSPS) is 13.7. The summed E-state index contributed by atoms with van der Waals surface area (Å²) in [6.07, 6.45) is 4.96. The van der Waals surface area contributed by atoms with E-state index in [1.54, 1.807) is 26.6 Å². The number of amides is 3. The van der Waals surface area contributed by atoms with Crippen LogP contribution in [0.2, 0.25) is 0 Å². The summed E-state index contributed by atoms with van der Waals surface area (Å²) in [5.41, 5.74) is 4.16. The zero-order valence-corrected chi connectivity index (χ0v) is 29.3. The molecule has 0 spiro atoms. The molecule has 0 radical (unpaired) electrons. The van der Waals surface area contributed by atoms with Crippen molar-refractivity contribution >= 4 is 40.8 Å². The van der Waals surface area contributed by atoms with Crippen LogP contribution in [-0.2, 0) is 20.8 Å². The van der Waals surface area contributed by atoms with Crippen LogP contribution in [0.25, 0.3) is 11.2 Å². The monoisotopic (exact) mass is 644 g/mol. The van der Waals surface area contributed by atoms with E-state index in [4.69, 9.17) is 14.5 Å². The molecule has 0 unspecified atom stereocenters. The van der Waals surface area contributed by atoms with Gasteiger partial charge in [0.05, 0.1) is 18.4 Å². The van der Waals surface area contributed by atoms with Gasteiger partial charge < -0.3 is 19.7 Å². The smallest absolute Gasteiger partial charge is 0.416 e. The maximum Gasteiger partial charge on any atom is 0.416 e. The van der Waals surface area contributed by atoms with Gasteiger partial charge in [-0.05, 0) is 91.0 Å². The van der Waals surface area contributed by atoms with Gasteiger partial charge in [0, 0.05) is 36.5 Å². The van der Waals surface area contributed by atoms with Crippen molar-refractivity contribution in [2.45, 2.75) is 99.3 Å². The third-order valence-electron chi connectivity index (χ3n) is 7.14. The van der Waals surface area contributed by atoms with Crippen molar-refractivity contribution < 1.29 is 23.9 Å². The van der Waals surface area contributed by atoms with Gasteiger partial charge in [0.2, 0.25) is 5.91 Å². The number of aromatic nitrogens is 3. The van der Waals surface area contributed by atoms with E-state index in [0.717, 1.165) is 22.3 Å². The average molecular weight is 645 g/mol. The summed E-state index contributed by atoms with van der Waals surface area (Å²) >= 11 is 0. The molecule has 4 rings (SSSR count). The number of benzene rings is 1. The van der Waals surface area contributed by atoms with Gasteiger partial charge in [0.25, 0.3) is 0 Å². The number of fused-ring (bicyclic) bond motifs is 1. The van der Waals surface area contributed by atoms with E-state index in [-0.39, 0.29) is 24.5 Å². The lowest BCUT2D eigenvalue weighted by atomic mass is 10.0. The van der Waals surface area contributed by atoms with Gasteiger partial charge >= 0.3 is 12.2 Å². The van der Waals surface area contributed by atoms with Crippen molar-refractivity contribution in [2.75, 3.05) is 23.3 Å². The number of nitrogens with one attached hydrogen (secondary N) is 1. The molecule has 0 saturated heterocycles.